The van der Waals surface area contributed by atoms with Crippen molar-refractivity contribution in [2.45, 2.75) is 38.8 Å². The molecule has 0 aromatic heterocycles. The van der Waals surface area contributed by atoms with E-state index in [0.717, 1.165) is 12.1 Å². The fourth-order valence-electron chi connectivity index (χ4n) is 2.56. The van der Waals surface area contributed by atoms with E-state index in [-0.39, 0.29) is 16.9 Å². The van der Waals surface area contributed by atoms with Crippen LogP contribution in [-0.2, 0) is 0 Å². The summed E-state index contributed by atoms with van der Waals surface area (Å²) < 4.78 is 13.4. The van der Waals surface area contributed by atoms with Crippen LogP contribution < -0.4 is 5.32 Å². The third-order valence-corrected chi connectivity index (χ3v) is 4.23. The van der Waals surface area contributed by atoms with Crippen molar-refractivity contribution in [2.75, 3.05) is 19.6 Å². The maximum atomic E-state index is 13.4. The molecule has 1 heterocycles. The second-order valence-corrected chi connectivity index (χ2v) is 5.80. The molecule has 0 aliphatic carbocycles. The van der Waals surface area contributed by atoms with E-state index in [9.17, 15) is 4.39 Å². The molecule has 2 nitrogen and oxygen atoms in total. The van der Waals surface area contributed by atoms with E-state index in [2.05, 4.69) is 24.1 Å². The van der Waals surface area contributed by atoms with Gasteiger partial charge in [0.05, 0.1) is 5.02 Å². The lowest BCUT2D eigenvalue weighted by Crippen LogP contribution is -2.39. The lowest BCUT2D eigenvalue weighted by atomic mass is 10.1. The number of rotatable bonds is 5. The minimum atomic E-state index is -0.347. The van der Waals surface area contributed by atoms with E-state index >= 15 is 0 Å². The molecule has 1 aromatic carbocycles. The first-order chi connectivity index (χ1) is 9.08. The third kappa shape index (κ3) is 3.91. The van der Waals surface area contributed by atoms with Gasteiger partial charge in [0.2, 0.25) is 0 Å². The molecule has 1 aliphatic heterocycles. The minimum absolute atomic E-state index is 0.136. The molecule has 1 aliphatic rings. The largest absolute Gasteiger partial charge is 0.309 e. The van der Waals surface area contributed by atoms with Crippen LogP contribution in [0.4, 0.5) is 4.39 Å². The zero-order valence-corrected chi connectivity index (χ0v) is 12.4. The first kappa shape index (κ1) is 14.8. The molecule has 2 unspecified atom stereocenters. The van der Waals surface area contributed by atoms with Crippen molar-refractivity contribution < 1.29 is 4.39 Å². The van der Waals surface area contributed by atoms with Crippen molar-refractivity contribution in [2.24, 2.45) is 0 Å². The number of hydrogen-bond acceptors (Lipinski definition) is 2. The smallest absolute Gasteiger partial charge is 0.142 e. The lowest BCUT2D eigenvalue weighted by molar-refractivity contribution is 0.247. The van der Waals surface area contributed by atoms with E-state index in [4.69, 9.17) is 11.6 Å². The molecule has 1 fully saturated rings. The molecule has 19 heavy (non-hydrogen) atoms. The molecule has 0 spiro atoms. The zero-order chi connectivity index (χ0) is 13.8. The van der Waals surface area contributed by atoms with Crippen molar-refractivity contribution in [3.05, 3.63) is 34.6 Å². The molecule has 2 rings (SSSR count). The van der Waals surface area contributed by atoms with Gasteiger partial charge < -0.3 is 5.32 Å². The first-order valence-corrected chi connectivity index (χ1v) is 7.38. The Morgan fingerprint density at radius 3 is 2.63 bits per heavy atom. The van der Waals surface area contributed by atoms with Gasteiger partial charge in [0.15, 0.2) is 0 Å². The summed E-state index contributed by atoms with van der Waals surface area (Å²) in [6.45, 7) is 7.62. The quantitative estimate of drug-likeness (QED) is 0.888. The predicted molar refractivity (Wildman–Crippen MR) is 78.1 cm³/mol. The van der Waals surface area contributed by atoms with Crippen LogP contribution in [0.25, 0.3) is 0 Å². The summed E-state index contributed by atoms with van der Waals surface area (Å²) in [6.07, 6.45) is 2.62. The van der Waals surface area contributed by atoms with Crippen molar-refractivity contribution in [1.29, 1.82) is 0 Å². The Morgan fingerprint density at radius 1 is 1.32 bits per heavy atom. The zero-order valence-electron chi connectivity index (χ0n) is 11.6. The van der Waals surface area contributed by atoms with E-state index in [1.807, 2.05) is 6.07 Å². The second kappa shape index (κ2) is 6.69. The fraction of sp³-hybridized carbons (Fsp3) is 0.600. The Bertz CT molecular complexity index is 419. The average Bonchev–Trinajstić information content (AvgIpc) is 2.92. The normalized spacial score (nSPS) is 19.6. The summed E-state index contributed by atoms with van der Waals surface area (Å²) in [6, 6.07) is 5.68. The van der Waals surface area contributed by atoms with Gasteiger partial charge in [-0.05, 0) is 57.5 Å². The molecule has 0 radical (unpaired) electrons. The van der Waals surface area contributed by atoms with Crippen LogP contribution in [0, 0.1) is 5.82 Å². The summed E-state index contributed by atoms with van der Waals surface area (Å²) in [7, 11) is 0. The van der Waals surface area contributed by atoms with Crippen LogP contribution in [-0.4, -0.2) is 30.6 Å². The van der Waals surface area contributed by atoms with Crippen LogP contribution in [0.5, 0.6) is 0 Å². The highest BCUT2D eigenvalue weighted by molar-refractivity contribution is 6.30. The molecule has 1 N–H and O–H groups in total. The highest BCUT2D eigenvalue weighted by Crippen LogP contribution is 2.20. The molecule has 4 heteroatoms. The monoisotopic (exact) mass is 284 g/mol. The Kier molecular flexibility index (Phi) is 5.20. The van der Waals surface area contributed by atoms with Gasteiger partial charge >= 0.3 is 0 Å². The van der Waals surface area contributed by atoms with Gasteiger partial charge in [-0.2, -0.15) is 0 Å². The molecule has 0 saturated carbocycles. The predicted octanol–water partition coefficient (Wildman–Crippen LogP) is 3.61. The van der Waals surface area contributed by atoms with Crippen molar-refractivity contribution in [3.63, 3.8) is 0 Å². The summed E-state index contributed by atoms with van der Waals surface area (Å²) >= 11 is 5.70. The van der Waals surface area contributed by atoms with Gasteiger partial charge in [0.1, 0.15) is 5.82 Å². The number of hydrogen-bond donors (Lipinski definition) is 1. The van der Waals surface area contributed by atoms with Crippen LogP contribution in [0.3, 0.4) is 0 Å². The lowest BCUT2D eigenvalue weighted by Gasteiger charge is -2.26. The molecule has 0 bridgehead atoms. The number of halogens is 2. The highest BCUT2D eigenvalue weighted by atomic mass is 35.5. The van der Waals surface area contributed by atoms with Gasteiger partial charge in [-0.15, -0.1) is 0 Å². The van der Waals surface area contributed by atoms with Gasteiger partial charge in [-0.1, -0.05) is 17.7 Å². The Morgan fingerprint density at radius 2 is 2.00 bits per heavy atom. The fourth-order valence-corrected chi connectivity index (χ4v) is 2.68. The van der Waals surface area contributed by atoms with Gasteiger partial charge in [0, 0.05) is 18.6 Å². The first-order valence-electron chi connectivity index (χ1n) is 7.00. The maximum Gasteiger partial charge on any atom is 0.142 e. The molecule has 1 aromatic rings. The van der Waals surface area contributed by atoms with Crippen LogP contribution in [0.2, 0.25) is 5.02 Å². The maximum absolute atomic E-state index is 13.4. The second-order valence-electron chi connectivity index (χ2n) is 5.40. The molecule has 106 valence electrons. The minimum Gasteiger partial charge on any atom is -0.309 e. The Labute approximate surface area is 119 Å². The average molecular weight is 285 g/mol. The van der Waals surface area contributed by atoms with Crippen LogP contribution in [0.1, 0.15) is 38.3 Å². The van der Waals surface area contributed by atoms with Crippen molar-refractivity contribution in [1.82, 2.24) is 10.2 Å². The van der Waals surface area contributed by atoms with Crippen molar-refractivity contribution in [3.8, 4) is 0 Å². The van der Waals surface area contributed by atoms with E-state index in [1.165, 1.54) is 32.0 Å². The number of likely N-dealkylation sites (tertiary alicyclic amines) is 1. The van der Waals surface area contributed by atoms with Crippen LogP contribution >= 0.6 is 11.6 Å². The van der Waals surface area contributed by atoms with E-state index < -0.39 is 0 Å². The van der Waals surface area contributed by atoms with Gasteiger partial charge in [-0.3, -0.25) is 4.90 Å². The number of benzene rings is 1. The van der Waals surface area contributed by atoms with Gasteiger partial charge in [0.25, 0.3) is 0 Å². The summed E-state index contributed by atoms with van der Waals surface area (Å²) in [5.74, 6) is -0.347. The topological polar surface area (TPSA) is 15.3 Å². The van der Waals surface area contributed by atoms with Crippen molar-refractivity contribution >= 4 is 11.6 Å². The van der Waals surface area contributed by atoms with Crippen LogP contribution in [0.15, 0.2) is 18.2 Å². The molecular formula is C15H22ClFN2. The number of nitrogens with one attached hydrogen (secondary N) is 1. The van der Waals surface area contributed by atoms with Gasteiger partial charge in [-0.25, -0.2) is 4.39 Å². The molecular weight excluding hydrogens is 263 g/mol. The summed E-state index contributed by atoms with van der Waals surface area (Å²) in [4.78, 5) is 2.50. The Hall–Kier alpha value is -0.640. The highest BCUT2D eigenvalue weighted by Gasteiger charge is 2.18. The third-order valence-electron chi connectivity index (χ3n) is 3.93. The molecule has 1 saturated heterocycles. The molecule has 0 amide bonds. The standard InChI is InChI=1S/C15H22ClFN2/c1-11(19-7-3-4-8-19)10-18-12(2)13-5-6-14(16)15(17)9-13/h5-6,9,11-12,18H,3-4,7-8,10H2,1-2H3. The number of nitrogens with zero attached hydrogens (tertiary/aromatic N) is 1. The van der Waals surface area contributed by atoms with E-state index in [0.29, 0.717) is 6.04 Å². The Balaban J connectivity index is 1.86. The van der Waals surface area contributed by atoms with E-state index in [1.54, 1.807) is 6.07 Å². The molecule has 2 atom stereocenters. The summed E-state index contributed by atoms with van der Waals surface area (Å²) in [5, 5.41) is 3.65. The summed E-state index contributed by atoms with van der Waals surface area (Å²) in [5.41, 5.74) is 0.940. The SMILES string of the molecule is CC(NCC(C)N1CCCC1)c1ccc(Cl)c(F)c1.